The quantitative estimate of drug-likeness (QED) is 0.0448. The molecule has 123 heavy (non-hydrogen) atoms. The van der Waals surface area contributed by atoms with E-state index in [1.165, 1.54) is 17.5 Å². The van der Waals surface area contributed by atoms with Crippen LogP contribution in [0.5, 0.6) is 0 Å². The molecule has 34 nitrogen and oxygen atoms in total. The molecule has 0 saturated carbocycles. The van der Waals surface area contributed by atoms with Crippen molar-refractivity contribution in [2.75, 3.05) is 31.3 Å². The predicted molar refractivity (Wildman–Crippen MR) is 460 cm³/mol. The van der Waals surface area contributed by atoms with Gasteiger partial charge in [0.1, 0.15) is 113 Å². The number of H-pyrrole nitrogens is 1. The van der Waals surface area contributed by atoms with Crippen LogP contribution in [0.3, 0.4) is 0 Å². The molecule has 0 radical (unpaired) electrons. The van der Waals surface area contributed by atoms with Gasteiger partial charge in [-0.15, -0.1) is 0 Å². The van der Waals surface area contributed by atoms with Crippen LogP contribution in [0.15, 0.2) is 181 Å². The van der Waals surface area contributed by atoms with Crippen molar-refractivity contribution in [3.8, 4) is 0 Å². The van der Waals surface area contributed by atoms with Crippen molar-refractivity contribution in [3.05, 3.63) is 207 Å². The number of fused-ring (bicyclic) bond motifs is 8. The van der Waals surface area contributed by atoms with Crippen molar-refractivity contribution in [1.29, 1.82) is 0 Å². The van der Waals surface area contributed by atoms with Crippen molar-refractivity contribution in [1.82, 2.24) is 68.1 Å². The Labute approximate surface area is 730 Å². The van der Waals surface area contributed by atoms with Gasteiger partial charge in [0.15, 0.2) is 44.9 Å². The zero-order valence-electron chi connectivity index (χ0n) is 68.3. The first-order valence-corrected chi connectivity index (χ1v) is 41.6. The molecule has 4 saturated heterocycles. The van der Waals surface area contributed by atoms with Crippen LogP contribution < -0.4 is 11.5 Å². The first-order chi connectivity index (χ1) is 58.6. The number of aliphatic hydroxyl groups excluding tert-OH is 11. The van der Waals surface area contributed by atoms with Crippen molar-refractivity contribution in [2.45, 2.75) is 215 Å². The van der Waals surface area contributed by atoms with Gasteiger partial charge in [-0.25, -0.2) is 44.9 Å². The lowest BCUT2D eigenvalue weighted by Crippen LogP contribution is -2.33. The van der Waals surface area contributed by atoms with Crippen LogP contribution in [0.1, 0.15) is 106 Å². The number of ether oxygens (including phenoxy) is 7. The van der Waals surface area contributed by atoms with Gasteiger partial charge in [0.25, 0.3) is 0 Å². The molecule has 11 aromatic rings. The average molecular weight is 1800 g/mol. The van der Waals surface area contributed by atoms with E-state index in [4.69, 9.17) is 129 Å². The van der Waals surface area contributed by atoms with Crippen molar-refractivity contribution in [3.63, 3.8) is 0 Å². The molecule has 0 amide bonds. The minimum atomic E-state index is -1.38. The van der Waals surface area contributed by atoms with Crippen LogP contribution in [-0.4, -0.2) is 253 Å². The summed E-state index contributed by atoms with van der Waals surface area (Å²) in [5, 5.41) is 107. The van der Waals surface area contributed by atoms with Crippen LogP contribution in [0.2, 0.25) is 25.6 Å². The molecular formula is C84H99Cl5N16O18. The maximum atomic E-state index is 10.1. The second-order valence-corrected chi connectivity index (χ2v) is 33.2. The number of nitrogen functional groups attached to an aromatic ring is 2. The minimum Gasteiger partial charge on any atom is -0.394 e. The summed E-state index contributed by atoms with van der Waals surface area (Å²) in [4.78, 5) is 39.1. The number of hydrogen-bond acceptors (Lipinski definition) is 29. The lowest BCUT2D eigenvalue weighted by atomic mass is 10.1. The second-order valence-electron chi connectivity index (χ2n) is 31.4. The number of aliphatic hydroxyl groups is 11. The van der Waals surface area contributed by atoms with Crippen LogP contribution >= 0.6 is 58.0 Å². The molecule has 20 rings (SSSR count). The SMILES string of the molecule is CCC1=C[C@@H](O)C2OC(C)(C)O[C@@H]12.CCC1=C[C@@H](n2ccc3c(Cl)nccc32)C2OC(C)(C)O[C@@H]12.CCC1=C[C@@H](n2ccc3ccnc(Cl)c32)C2OC(C)(C)O[C@@H]12.Clc1nccc2[nH]cnc12.Nc1cc(Cl)ccn1.Nc1nccc2c1ncn2[C@@H]1C=C(CO)[C@H](O)C1O.OCC1=C[C@@H](n2cnc3c(Cl)nccc32)C(O)[C@H]1O.OC[C@H]1OC(O)C(O)[C@H]1O. The molecule has 11 aromatic heterocycles. The Morgan fingerprint density at radius 1 is 0.439 bits per heavy atom. The first-order valence-electron chi connectivity index (χ1n) is 39.7. The molecule has 16 N–H and O–H groups in total. The summed E-state index contributed by atoms with van der Waals surface area (Å²) < 4.78 is 48.2. The highest BCUT2D eigenvalue weighted by molar-refractivity contribution is 6.35. The Kier molecular flexibility index (Phi) is 29.0. The van der Waals surface area contributed by atoms with Gasteiger partial charge < -0.3 is 124 Å². The standard InChI is InChI=1S/2C17H19ClN2O2.C12H12ClN3O3.C12H14N4O3.C10H16O3.C6H4ClN3.C5H5ClN2.C5H10O5/c1-4-10-9-13(15-14(10)21-17(2,3)22-15)20-8-6-11-12(20)5-7-19-16(11)18;1-4-10-9-12(15-14(10)21-17(2,3)22-15)20-8-6-11-5-7-19-16(18)13(11)20;2*13-12-9-7(1-2-14-12)16(5-15-9)8-3-6(4-17)10(18)11(8)19;1-4-6-5-7(11)9-8(6)12-10(2,3)13-9;7-6-5-4(1-2-8-6)9-3-10-5;6-4-1-2-8-5(7)3-4;6-1-2-3(7)4(8)5(9)10-2/h5-9,13-15H,4H2,1-3H3;5-9,12,14-15H,4H2,1-3H3;1-3,5,8,10-11,17-19H,4H2;1-3,5,8,10-11,17-19H,4H2,(H2,13,14);5,7-9,11H,4H2,1-3H3;1-3H,(H,9,10);1-3H,(H2,7,8);2-9H,1H2/t13-,14+,15?;12-,14+,15?;2*8-,10+,11?;7-,8+,9?;;;2-,3+,4?,5?/m11111..1/s1. The number of imidazole rings is 3. The van der Waals surface area contributed by atoms with E-state index in [2.05, 4.69) is 115 Å². The van der Waals surface area contributed by atoms with E-state index < -0.39 is 91.2 Å². The van der Waals surface area contributed by atoms with E-state index in [9.17, 15) is 25.5 Å². The molecule has 19 atom stereocenters. The fraction of sp³-hybridized carbons (Fsp3) is 0.440. The average Bonchev–Trinajstić information content (AvgIpc) is 1.59. The van der Waals surface area contributed by atoms with Gasteiger partial charge in [0.2, 0.25) is 0 Å². The molecule has 4 fully saturated rings. The van der Waals surface area contributed by atoms with Crippen LogP contribution in [-0.2, 0) is 33.2 Å². The van der Waals surface area contributed by atoms with Gasteiger partial charge in [-0.3, -0.25) is 0 Å². The first kappa shape index (κ1) is 92.1. The van der Waals surface area contributed by atoms with Crippen molar-refractivity contribution in [2.24, 2.45) is 0 Å². The highest BCUT2D eigenvalue weighted by atomic mass is 35.5. The highest BCUT2D eigenvalue weighted by Gasteiger charge is 2.53. The number of nitrogens with one attached hydrogen (secondary N) is 1. The summed E-state index contributed by atoms with van der Waals surface area (Å²) in [6.07, 6.45) is 21.5. The number of anilines is 2. The molecule has 0 spiro atoms. The Morgan fingerprint density at radius 2 is 0.911 bits per heavy atom. The summed E-state index contributed by atoms with van der Waals surface area (Å²) >= 11 is 29.7. The van der Waals surface area contributed by atoms with E-state index in [1.807, 2.05) is 71.9 Å². The Morgan fingerprint density at radius 3 is 1.42 bits per heavy atom. The number of halogens is 5. The third kappa shape index (κ3) is 19.7. The Hall–Kier alpha value is -8.58. The number of aromatic amines is 1. The molecule has 39 heteroatoms. The summed E-state index contributed by atoms with van der Waals surface area (Å²) in [5.74, 6) is -0.865. The third-order valence-electron chi connectivity index (χ3n) is 22.1. The number of nitrogens with zero attached hydrogens (tertiary/aromatic N) is 13. The van der Waals surface area contributed by atoms with E-state index in [1.54, 1.807) is 95.4 Å². The van der Waals surface area contributed by atoms with Gasteiger partial charge in [0, 0.05) is 65.4 Å². The van der Waals surface area contributed by atoms with Gasteiger partial charge in [-0.2, -0.15) is 0 Å². The predicted octanol–water partition coefficient (Wildman–Crippen LogP) is 9.25. The minimum absolute atomic E-state index is 0.00694. The molecule has 9 aliphatic rings. The molecule has 5 aliphatic carbocycles. The largest absolute Gasteiger partial charge is 0.394 e. The maximum Gasteiger partial charge on any atom is 0.184 e. The van der Waals surface area contributed by atoms with Crippen LogP contribution in [0.4, 0.5) is 11.6 Å². The van der Waals surface area contributed by atoms with Gasteiger partial charge in [-0.05, 0) is 143 Å². The number of aromatic nitrogens is 14. The summed E-state index contributed by atoms with van der Waals surface area (Å²) in [5.41, 5.74) is 21.8. The van der Waals surface area contributed by atoms with Gasteiger partial charge >= 0.3 is 0 Å². The molecular weight excluding hydrogens is 1700 g/mol. The number of nitrogens with two attached hydrogens (primary N) is 2. The smallest absolute Gasteiger partial charge is 0.184 e. The van der Waals surface area contributed by atoms with E-state index in [0.717, 1.165) is 63.2 Å². The normalized spacial score (nSPS) is 28.8. The monoisotopic (exact) mass is 1790 g/mol. The summed E-state index contributed by atoms with van der Waals surface area (Å²) in [6.45, 7) is 17.1. The van der Waals surface area contributed by atoms with Gasteiger partial charge in [0.05, 0.1) is 90.6 Å². The molecule has 0 bridgehead atoms. The van der Waals surface area contributed by atoms with E-state index >= 15 is 0 Å². The molecule has 7 unspecified atom stereocenters. The lowest BCUT2D eigenvalue weighted by Gasteiger charge is -2.22. The Balaban J connectivity index is 0.000000124. The number of pyridine rings is 6. The fourth-order valence-corrected chi connectivity index (χ4v) is 17.3. The Bertz CT molecular complexity index is 5570. The van der Waals surface area contributed by atoms with E-state index in [0.29, 0.717) is 59.8 Å². The summed E-state index contributed by atoms with van der Waals surface area (Å²) in [6, 6.07) is 15.9. The van der Waals surface area contributed by atoms with E-state index in [-0.39, 0.29) is 67.1 Å². The molecule has 658 valence electrons. The van der Waals surface area contributed by atoms with Crippen molar-refractivity contribution >= 4 is 125 Å². The third-order valence-corrected chi connectivity index (χ3v) is 23.5. The van der Waals surface area contributed by atoms with Gasteiger partial charge in [-0.1, -0.05) is 109 Å². The van der Waals surface area contributed by atoms with Crippen LogP contribution in [0, 0.1) is 0 Å². The van der Waals surface area contributed by atoms with Crippen molar-refractivity contribution < 1.29 is 89.3 Å². The molecule has 0 aromatic carbocycles. The van der Waals surface area contributed by atoms with Crippen LogP contribution in [0.25, 0.3) is 54.9 Å². The summed E-state index contributed by atoms with van der Waals surface area (Å²) in [7, 11) is 0. The molecule has 4 aliphatic heterocycles. The number of rotatable bonds is 10. The zero-order chi connectivity index (χ0) is 88.4. The molecule has 15 heterocycles. The highest BCUT2D eigenvalue weighted by Crippen LogP contribution is 2.48. The maximum absolute atomic E-state index is 10.1. The zero-order valence-corrected chi connectivity index (χ0v) is 72.1. The topological polar surface area (TPSA) is 491 Å². The fourth-order valence-electron chi connectivity index (χ4n) is 16.2. The second kappa shape index (κ2) is 38.7. The number of hydrogen-bond donors (Lipinski definition) is 14. The lowest BCUT2D eigenvalue weighted by molar-refractivity contribution is -0.152.